The summed E-state index contributed by atoms with van der Waals surface area (Å²) in [5.41, 5.74) is -1.29. The van der Waals surface area contributed by atoms with Gasteiger partial charge >= 0.3 is 5.97 Å². The molecule has 1 unspecified atom stereocenters. The maximum absolute atomic E-state index is 11.9. The third-order valence-corrected chi connectivity index (χ3v) is 2.83. The van der Waals surface area contributed by atoms with Crippen LogP contribution >= 0.6 is 0 Å². The molecule has 0 aliphatic rings. The van der Waals surface area contributed by atoms with Crippen LogP contribution < -0.4 is 5.32 Å². The summed E-state index contributed by atoms with van der Waals surface area (Å²) in [5.74, 6) is -1.03. The number of H-pyrrole nitrogens is 1. The monoisotopic (exact) mass is 268 g/mol. The minimum atomic E-state index is -1.29. The zero-order valence-corrected chi connectivity index (χ0v) is 11.5. The molecule has 3 N–H and O–H groups in total. The van der Waals surface area contributed by atoms with Gasteiger partial charge in [0.2, 0.25) is 5.82 Å². The van der Waals surface area contributed by atoms with Gasteiger partial charge < -0.3 is 10.4 Å². The van der Waals surface area contributed by atoms with Crippen LogP contribution in [0.5, 0.6) is 0 Å². The van der Waals surface area contributed by atoms with Crippen LogP contribution in [0.25, 0.3) is 0 Å². The summed E-state index contributed by atoms with van der Waals surface area (Å²) in [5, 5.41) is 18.1. The lowest BCUT2D eigenvalue weighted by Gasteiger charge is -2.24. The van der Waals surface area contributed by atoms with Gasteiger partial charge in [0.05, 0.1) is 0 Å². The van der Waals surface area contributed by atoms with Crippen molar-refractivity contribution >= 4 is 11.9 Å². The van der Waals surface area contributed by atoms with E-state index in [1.165, 1.54) is 6.92 Å². The van der Waals surface area contributed by atoms with E-state index in [4.69, 9.17) is 0 Å². The molecule has 1 atom stereocenters. The Morgan fingerprint density at radius 1 is 1.37 bits per heavy atom. The van der Waals surface area contributed by atoms with E-state index >= 15 is 0 Å². The van der Waals surface area contributed by atoms with Crippen LogP contribution in [0.15, 0.2) is 0 Å². The number of hydrogen-bond acceptors (Lipinski definition) is 4. The first kappa shape index (κ1) is 15.1. The first-order valence-electron chi connectivity index (χ1n) is 6.40. The molecule has 1 heterocycles. The maximum Gasteiger partial charge on any atom is 0.329 e. The van der Waals surface area contributed by atoms with Gasteiger partial charge in [0.15, 0.2) is 0 Å². The molecular formula is C12H20N4O3. The highest BCUT2D eigenvalue weighted by atomic mass is 16.4. The zero-order chi connectivity index (χ0) is 14.5. The molecule has 7 heteroatoms. The lowest BCUT2D eigenvalue weighted by atomic mass is 9.96. The summed E-state index contributed by atoms with van der Waals surface area (Å²) < 4.78 is 0. The quantitative estimate of drug-likeness (QED) is 0.687. The predicted molar refractivity (Wildman–Crippen MR) is 68.8 cm³/mol. The molecule has 0 bridgehead atoms. The highest BCUT2D eigenvalue weighted by Gasteiger charge is 2.34. The minimum absolute atomic E-state index is 0.0213. The highest BCUT2D eigenvalue weighted by Crippen LogP contribution is 2.13. The molecule has 0 spiro atoms. The number of aryl methyl sites for hydroxylation is 1. The van der Waals surface area contributed by atoms with E-state index in [2.05, 4.69) is 20.5 Å². The fourth-order valence-corrected chi connectivity index (χ4v) is 1.77. The Balaban J connectivity index is 2.78. The zero-order valence-electron chi connectivity index (χ0n) is 11.5. The molecule has 0 radical (unpaired) electrons. The van der Waals surface area contributed by atoms with Gasteiger partial charge in [-0.15, -0.1) is 5.10 Å². The van der Waals surface area contributed by atoms with Crippen LogP contribution in [0.3, 0.4) is 0 Å². The van der Waals surface area contributed by atoms with Crippen LogP contribution in [0.2, 0.25) is 0 Å². The van der Waals surface area contributed by atoms with Crippen LogP contribution in [-0.2, 0) is 11.2 Å². The number of aromatic amines is 1. The predicted octanol–water partition coefficient (Wildman–Crippen LogP) is 1.13. The number of rotatable bonds is 7. The molecule has 1 amide bonds. The molecule has 0 aromatic carbocycles. The number of aromatic nitrogens is 3. The molecule has 1 aromatic rings. The van der Waals surface area contributed by atoms with Crippen molar-refractivity contribution in [1.82, 2.24) is 20.5 Å². The van der Waals surface area contributed by atoms with Gasteiger partial charge in [-0.05, 0) is 19.8 Å². The van der Waals surface area contributed by atoms with Gasteiger partial charge in [0.1, 0.15) is 11.4 Å². The summed E-state index contributed by atoms with van der Waals surface area (Å²) >= 11 is 0. The molecule has 0 saturated heterocycles. The molecule has 0 saturated carbocycles. The number of carboxylic acid groups (broad SMARTS) is 1. The van der Waals surface area contributed by atoms with E-state index in [9.17, 15) is 14.7 Å². The van der Waals surface area contributed by atoms with Gasteiger partial charge in [-0.25, -0.2) is 9.78 Å². The van der Waals surface area contributed by atoms with Crippen molar-refractivity contribution in [2.24, 2.45) is 0 Å². The Morgan fingerprint density at radius 2 is 2.05 bits per heavy atom. The second-order valence-corrected chi connectivity index (χ2v) is 4.70. The molecular weight excluding hydrogens is 248 g/mol. The fraction of sp³-hybridized carbons (Fsp3) is 0.667. The summed E-state index contributed by atoms with van der Waals surface area (Å²) in [6.45, 7) is 5.33. The van der Waals surface area contributed by atoms with E-state index < -0.39 is 17.4 Å². The Kier molecular flexibility index (Phi) is 5.02. The Hall–Kier alpha value is -1.92. The number of hydrogen-bond donors (Lipinski definition) is 3. The summed E-state index contributed by atoms with van der Waals surface area (Å²) in [6, 6.07) is 0. The van der Waals surface area contributed by atoms with E-state index in [-0.39, 0.29) is 5.82 Å². The van der Waals surface area contributed by atoms with Crippen molar-refractivity contribution in [3.8, 4) is 0 Å². The van der Waals surface area contributed by atoms with Crippen LogP contribution in [0.1, 0.15) is 56.5 Å². The van der Waals surface area contributed by atoms with Gasteiger partial charge in [-0.1, -0.05) is 20.3 Å². The van der Waals surface area contributed by atoms with Crippen molar-refractivity contribution in [3.05, 3.63) is 11.6 Å². The number of carbonyl (C=O) groups excluding carboxylic acids is 1. The number of nitrogens with zero attached hydrogens (tertiary/aromatic N) is 2. The van der Waals surface area contributed by atoms with Crippen molar-refractivity contribution in [2.75, 3.05) is 0 Å². The lowest BCUT2D eigenvalue weighted by molar-refractivity contribution is -0.144. The average Bonchev–Trinajstić information content (AvgIpc) is 2.78. The largest absolute Gasteiger partial charge is 0.480 e. The maximum atomic E-state index is 11.9. The minimum Gasteiger partial charge on any atom is -0.480 e. The van der Waals surface area contributed by atoms with Gasteiger partial charge in [0.25, 0.3) is 5.91 Å². The third-order valence-electron chi connectivity index (χ3n) is 2.83. The van der Waals surface area contributed by atoms with E-state index in [0.29, 0.717) is 25.1 Å². The summed E-state index contributed by atoms with van der Waals surface area (Å²) in [4.78, 5) is 27.2. The SMILES string of the molecule is CCCc1nc(C(=O)NC(C)(CCC)C(=O)O)n[nH]1. The second-order valence-electron chi connectivity index (χ2n) is 4.70. The molecule has 106 valence electrons. The second kappa shape index (κ2) is 6.31. The van der Waals surface area contributed by atoms with Crippen LogP contribution in [-0.4, -0.2) is 37.7 Å². The van der Waals surface area contributed by atoms with E-state index in [0.717, 1.165) is 6.42 Å². The number of aliphatic carboxylic acids is 1. The highest BCUT2D eigenvalue weighted by molar-refractivity contribution is 5.94. The van der Waals surface area contributed by atoms with Crippen molar-refractivity contribution in [2.45, 2.75) is 52.0 Å². The van der Waals surface area contributed by atoms with Crippen LogP contribution in [0, 0.1) is 0 Å². The number of amides is 1. The average molecular weight is 268 g/mol. The molecule has 19 heavy (non-hydrogen) atoms. The first-order valence-corrected chi connectivity index (χ1v) is 6.40. The fourth-order valence-electron chi connectivity index (χ4n) is 1.77. The smallest absolute Gasteiger partial charge is 0.329 e. The van der Waals surface area contributed by atoms with Crippen molar-refractivity contribution in [1.29, 1.82) is 0 Å². The normalized spacial score (nSPS) is 13.8. The topological polar surface area (TPSA) is 108 Å². The van der Waals surface area contributed by atoms with Gasteiger partial charge in [-0.2, -0.15) is 0 Å². The number of nitrogens with one attached hydrogen (secondary N) is 2. The Labute approximate surface area is 111 Å². The Bertz CT molecular complexity index is 458. The third kappa shape index (κ3) is 3.77. The van der Waals surface area contributed by atoms with Crippen molar-refractivity contribution < 1.29 is 14.7 Å². The molecule has 1 rings (SSSR count). The summed E-state index contributed by atoms with van der Waals surface area (Å²) in [6.07, 6.45) is 2.59. The molecule has 1 aromatic heterocycles. The van der Waals surface area contributed by atoms with Gasteiger partial charge in [0, 0.05) is 6.42 Å². The van der Waals surface area contributed by atoms with E-state index in [1.807, 2.05) is 13.8 Å². The number of carbonyl (C=O) groups is 2. The molecule has 0 aliphatic carbocycles. The molecule has 0 fully saturated rings. The van der Waals surface area contributed by atoms with Crippen molar-refractivity contribution in [3.63, 3.8) is 0 Å². The van der Waals surface area contributed by atoms with E-state index in [1.54, 1.807) is 0 Å². The van der Waals surface area contributed by atoms with Crippen LogP contribution in [0.4, 0.5) is 0 Å². The standard InChI is InChI=1S/C12H20N4O3/c1-4-6-8-13-9(16-15-8)10(17)14-12(3,7-5-2)11(18)19/h4-7H2,1-3H3,(H,14,17)(H,18,19)(H,13,15,16). The molecule has 7 nitrogen and oxygen atoms in total. The lowest BCUT2D eigenvalue weighted by Crippen LogP contribution is -2.52. The summed E-state index contributed by atoms with van der Waals surface area (Å²) in [7, 11) is 0. The number of carboxylic acids is 1. The molecule has 0 aliphatic heterocycles. The Morgan fingerprint density at radius 3 is 2.58 bits per heavy atom. The first-order chi connectivity index (χ1) is 8.92. The van der Waals surface area contributed by atoms with Gasteiger partial charge in [-0.3, -0.25) is 9.89 Å².